The van der Waals surface area contributed by atoms with Gasteiger partial charge in [0, 0.05) is 24.9 Å². The maximum atomic E-state index is 12.1. The van der Waals surface area contributed by atoms with Gasteiger partial charge in [-0.05, 0) is 63.6 Å². The molecule has 180 valence electrons. The van der Waals surface area contributed by atoms with Gasteiger partial charge < -0.3 is 23.4 Å². The average Bonchev–Trinajstić information content (AvgIpc) is 3.10. The summed E-state index contributed by atoms with van der Waals surface area (Å²) in [5.74, 6) is -0.225. The molecular formula is C24H44O6Si. The summed E-state index contributed by atoms with van der Waals surface area (Å²) in [5, 5.41) is 0.145. The van der Waals surface area contributed by atoms with Gasteiger partial charge in [0.15, 0.2) is 20.4 Å². The third-order valence-electron chi connectivity index (χ3n) is 8.20. The summed E-state index contributed by atoms with van der Waals surface area (Å²) in [7, 11) is -1.91. The maximum absolute atomic E-state index is 12.1. The van der Waals surface area contributed by atoms with Gasteiger partial charge in [-0.1, -0.05) is 27.7 Å². The van der Waals surface area contributed by atoms with Crippen molar-refractivity contribution in [3.05, 3.63) is 0 Å². The minimum absolute atomic E-state index is 0.0232. The Morgan fingerprint density at radius 1 is 1.13 bits per heavy atom. The number of ether oxygens (including phenoxy) is 4. The SMILES string of the molecule is CCOC(=O)CC[C@]1(C)CC[C@H]2[C@H]3OC(C)(C)O[C@H]3O[C@@H]2[C@@H]1CO[Si](C)(C)C(C)(C)C. The molecule has 1 aliphatic carbocycles. The summed E-state index contributed by atoms with van der Waals surface area (Å²) >= 11 is 0. The van der Waals surface area contributed by atoms with Crippen LogP contribution in [-0.4, -0.2) is 51.8 Å². The van der Waals surface area contributed by atoms with Crippen LogP contribution in [0, 0.1) is 17.3 Å². The molecule has 2 aliphatic heterocycles. The van der Waals surface area contributed by atoms with E-state index in [-0.39, 0.29) is 40.8 Å². The summed E-state index contributed by atoms with van der Waals surface area (Å²) in [6.07, 6.45) is 2.95. The molecule has 6 nitrogen and oxygen atoms in total. The van der Waals surface area contributed by atoms with Crippen LogP contribution in [0.3, 0.4) is 0 Å². The Balaban J connectivity index is 1.79. The zero-order valence-corrected chi connectivity index (χ0v) is 22.1. The highest BCUT2D eigenvalue weighted by Gasteiger charge is 2.60. The predicted octanol–water partition coefficient (Wildman–Crippen LogP) is 5.26. The second-order valence-corrected chi connectivity index (χ2v) is 16.7. The Hall–Kier alpha value is -0.473. The summed E-state index contributed by atoms with van der Waals surface area (Å²) < 4.78 is 30.7. The Labute approximate surface area is 189 Å². The number of rotatable bonds is 7. The van der Waals surface area contributed by atoms with Crippen LogP contribution in [0.2, 0.25) is 18.1 Å². The van der Waals surface area contributed by atoms with Gasteiger partial charge >= 0.3 is 5.97 Å². The fourth-order valence-electron chi connectivity index (χ4n) is 5.14. The van der Waals surface area contributed by atoms with E-state index in [2.05, 4.69) is 40.8 Å². The standard InChI is InChI=1S/C24H44O6Si/c1-10-26-18(25)12-14-24(7)13-11-16-19(28-21-20(16)29-23(5,6)30-21)17(24)15-27-31(8,9)22(2,3)4/h16-17,19-21H,10-15H2,1-9H3/t16-,17+,19+,20-,21-,24+/m1/s1. The van der Waals surface area contributed by atoms with E-state index < -0.39 is 14.1 Å². The molecule has 2 saturated heterocycles. The fourth-order valence-corrected chi connectivity index (χ4v) is 6.17. The predicted molar refractivity (Wildman–Crippen MR) is 122 cm³/mol. The molecule has 7 heteroatoms. The summed E-state index contributed by atoms with van der Waals surface area (Å²) in [6, 6.07) is 0. The molecule has 0 aromatic carbocycles. The molecule has 0 N–H and O–H groups in total. The molecule has 31 heavy (non-hydrogen) atoms. The van der Waals surface area contributed by atoms with Crippen LogP contribution < -0.4 is 0 Å². The van der Waals surface area contributed by atoms with Gasteiger partial charge in [0.1, 0.15) is 6.10 Å². The number of hydrogen-bond donors (Lipinski definition) is 0. The summed E-state index contributed by atoms with van der Waals surface area (Å²) in [6.45, 7) is 20.5. The lowest BCUT2D eigenvalue weighted by Crippen LogP contribution is -2.51. The highest BCUT2D eigenvalue weighted by atomic mass is 28.4. The van der Waals surface area contributed by atoms with E-state index >= 15 is 0 Å². The first-order chi connectivity index (χ1) is 14.2. The number of carbonyl (C=O) groups is 1. The molecule has 3 fully saturated rings. The van der Waals surface area contributed by atoms with Crippen molar-refractivity contribution in [2.45, 2.75) is 117 Å². The van der Waals surface area contributed by atoms with E-state index in [1.165, 1.54) is 0 Å². The quantitative estimate of drug-likeness (QED) is 0.385. The van der Waals surface area contributed by atoms with Crippen LogP contribution in [0.15, 0.2) is 0 Å². The molecule has 6 atom stereocenters. The molecule has 0 aromatic heterocycles. The number of hydrogen-bond acceptors (Lipinski definition) is 6. The van der Waals surface area contributed by atoms with Gasteiger partial charge in [0.2, 0.25) is 0 Å². The smallest absolute Gasteiger partial charge is 0.305 e. The van der Waals surface area contributed by atoms with E-state index in [4.69, 9.17) is 23.4 Å². The fraction of sp³-hybridized carbons (Fsp3) is 0.958. The van der Waals surface area contributed by atoms with Crippen molar-refractivity contribution >= 4 is 14.3 Å². The highest BCUT2D eigenvalue weighted by molar-refractivity contribution is 6.74. The van der Waals surface area contributed by atoms with Gasteiger partial charge in [-0.3, -0.25) is 4.79 Å². The largest absolute Gasteiger partial charge is 0.466 e. The molecular weight excluding hydrogens is 412 g/mol. The van der Waals surface area contributed by atoms with Crippen LogP contribution in [0.5, 0.6) is 0 Å². The first kappa shape index (κ1) is 25.2. The normalized spacial score (nSPS) is 37.4. The van der Waals surface area contributed by atoms with Gasteiger partial charge in [-0.2, -0.15) is 0 Å². The monoisotopic (exact) mass is 456 g/mol. The molecule has 0 aromatic rings. The van der Waals surface area contributed by atoms with E-state index in [0.717, 1.165) is 19.3 Å². The van der Waals surface area contributed by atoms with Crippen LogP contribution in [0.1, 0.15) is 74.1 Å². The zero-order chi connectivity index (χ0) is 23.2. The van der Waals surface area contributed by atoms with Crippen LogP contribution in [0.25, 0.3) is 0 Å². The van der Waals surface area contributed by atoms with Crippen LogP contribution in [0.4, 0.5) is 0 Å². The van der Waals surface area contributed by atoms with Crippen LogP contribution in [-0.2, 0) is 28.2 Å². The average molecular weight is 457 g/mol. The Kier molecular flexibility index (Phi) is 7.07. The number of esters is 1. The molecule has 0 amide bonds. The molecule has 0 unspecified atom stereocenters. The van der Waals surface area contributed by atoms with E-state index in [1.54, 1.807) is 0 Å². The van der Waals surface area contributed by atoms with E-state index in [1.807, 2.05) is 20.8 Å². The second kappa shape index (κ2) is 8.71. The molecule has 3 rings (SSSR count). The number of fused-ring (bicyclic) bond motifs is 3. The van der Waals surface area contributed by atoms with Gasteiger partial charge in [-0.15, -0.1) is 0 Å². The van der Waals surface area contributed by atoms with E-state index in [9.17, 15) is 4.79 Å². The van der Waals surface area contributed by atoms with Crippen molar-refractivity contribution in [1.29, 1.82) is 0 Å². The van der Waals surface area contributed by atoms with E-state index in [0.29, 0.717) is 25.6 Å². The minimum Gasteiger partial charge on any atom is -0.466 e. The van der Waals surface area contributed by atoms with Gasteiger partial charge in [0.05, 0.1) is 12.7 Å². The molecule has 3 aliphatic rings. The third-order valence-corrected chi connectivity index (χ3v) is 12.7. The molecule has 0 bridgehead atoms. The van der Waals surface area contributed by atoms with Crippen LogP contribution >= 0.6 is 0 Å². The van der Waals surface area contributed by atoms with Crippen molar-refractivity contribution in [3.8, 4) is 0 Å². The van der Waals surface area contributed by atoms with Crippen molar-refractivity contribution in [3.63, 3.8) is 0 Å². The molecule has 1 saturated carbocycles. The van der Waals surface area contributed by atoms with Crippen molar-refractivity contribution in [2.24, 2.45) is 17.3 Å². The summed E-state index contributed by atoms with van der Waals surface area (Å²) in [4.78, 5) is 12.1. The second-order valence-electron chi connectivity index (χ2n) is 11.9. The molecule has 0 radical (unpaired) electrons. The Morgan fingerprint density at radius 2 is 1.81 bits per heavy atom. The number of carbonyl (C=O) groups excluding carboxylic acids is 1. The first-order valence-electron chi connectivity index (χ1n) is 12.0. The van der Waals surface area contributed by atoms with Crippen molar-refractivity contribution < 1.29 is 28.2 Å². The van der Waals surface area contributed by atoms with Gasteiger partial charge in [0.25, 0.3) is 0 Å². The maximum Gasteiger partial charge on any atom is 0.305 e. The Bertz CT molecular complexity index is 657. The topological polar surface area (TPSA) is 63.2 Å². The lowest BCUT2D eigenvalue weighted by atomic mass is 9.61. The lowest BCUT2D eigenvalue weighted by Gasteiger charge is -2.49. The lowest BCUT2D eigenvalue weighted by molar-refractivity contribution is -0.228. The third kappa shape index (κ3) is 5.21. The highest BCUT2D eigenvalue weighted by Crippen LogP contribution is 2.55. The Morgan fingerprint density at radius 3 is 2.42 bits per heavy atom. The first-order valence-corrected chi connectivity index (χ1v) is 14.9. The van der Waals surface area contributed by atoms with Crippen molar-refractivity contribution in [1.82, 2.24) is 0 Å². The van der Waals surface area contributed by atoms with Gasteiger partial charge in [-0.25, -0.2) is 0 Å². The zero-order valence-electron chi connectivity index (χ0n) is 21.1. The minimum atomic E-state index is -1.91. The molecule has 0 spiro atoms. The summed E-state index contributed by atoms with van der Waals surface area (Å²) in [5.41, 5.74) is -0.0511. The molecule has 2 heterocycles. The van der Waals surface area contributed by atoms with Crippen molar-refractivity contribution in [2.75, 3.05) is 13.2 Å².